The number of nitrogens with zero attached hydrogens (tertiary/aromatic N) is 1. The summed E-state index contributed by atoms with van der Waals surface area (Å²) in [6, 6.07) is -0.847. The van der Waals surface area contributed by atoms with Crippen LogP contribution in [0.2, 0.25) is 0 Å². The fourth-order valence-corrected chi connectivity index (χ4v) is 11.7. The highest BCUT2D eigenvalue weighted by Gasteiger charge is 2.30. The molecule has 3 unspecified atom stereocenters. The van der Waals surface area contributed by atoms with Crippen molar-refractivity contribution >= 4 is 19.7 Å². The fraction of sp³-hybridized carbons (Fsp3) is 0.890. The number of phosphoric ester groups is 1. The van der Waals surface area contributed by atoms with Crippen LogP contribution in [0.4, 0.5) is 0 Å². The van der Waals surface area contributed by atoms with Gasteiger partial charge in [-0.2, -0.15) is 0 Å². The first-order valence-electron chi connectivity index (χ1n) is 36.3. The molecule has 10 heteroatoms. The lowest BCUT2D eigenvalue weighted by atomic mass is 10.0. The minimum absolute atomic E-state index is 0.0424. The number of unbranched alkanes of at least 4 members (excludes halogenated alkanes) is 47. The molecular weight excluding hydrogens is 1050 g/mol. The molecule has 0 heterocycles. The molecule has 0 saturated heterocycles. The maximum atomic E-state index is 13.6. The number of carbonyl (C=O) groups is 2. The molecule has 0 aliphatic rings. The normalized spacial score (nSPS) is 13.7. The minimum Gasteiger partial charge on any atom is -0.456 e. The molecule has 0 aromatic rings. The number of nitrogens with one attached hydrogen (secondary N) is 1. The van der Waals surface area contributed by atoms with Gasteiger partial charge in [0.15, 0.2) is 0 Å². The zero-order valence-electron chi connectivity index (χ0n) is 56.2. The second kappa shape index (κ2) is 63.3. The summed E-state index contributed by atoms with van der Waals surface area (Å²) in [4.78, 5) is 37.9. The van der Waals surface area contributed by atoms with Crippen molar-refractivity contribution in [3.63, 3.8) is 0 Å². The van der Waals surface area contributed by atoms with Gasteiger partial charge >= 0.3 is 13.8 Å². The van der Waals surface area contributed by atoms with Crippen LogP contribution >= 0.6 is 7.82 Å². The molecule has 0 fully saturated rings. The summed E-state index contributed by atoms with van der Waals surface area (Å²) in [5.74, 6) is -0.489. The maximum absolute atomic E-state index is 13.6. The van der Waals surface area contributed by atoms with Gasteiger partial charge < -0.3 is 19.4 Å². The number of amides is 1. The van der Waals surface area contributed by atoms with E-state index in [1.165, 1.54) is 270 Å². The van der Waals surface area contributed by atoms with Gasteiger partial charge in [0.25, 0.3) is 0 Å². The number of hydrogen-bond donors (Lipinski definition) is 2. The first-order chi connectivity index (χ1) is 40.4. The van der Waals surface area contributed by atoms with Crippen molar-refractivity contribution in [2.45, 2.75) is 380 Å². The van der Waals surface area contributed by atoms with Crippen molar-refractivity contribution in [3.05, 3.63) is 36.5 Å². The Morgan fingerprint density at radius 2 is 0.735 bits per heavy atom. The summed E-state index contributed by atoms with van der Waals surface area (Å²) in [7, 11) is 1.51. The molecule has 0 aliphatic carbocycles. The van der Waals surface area contributed by atoms with E-state index in [4.69, 9.17) is 13.8 Å². The molecule has 0 aliphatic heterocycles. The standard InChI is InChI=1S/C73H141N2O7P/c1-7-10-13-16-19-22-25-28-30-32-34-35-36-37-38-39-41-42-44-47-50-53-56-59-62-65-72(76)74-70(69-81-83(78,79)80-68-67-75(4,5)6)71(64-61-58-55-52-49-46-27-24-21-18-15-12-9-3)82-73(77)66-63-60-57-54-51-48-45-43-40-33-31-29-26-23-20-17-14-11-8-2/h20,23,29,31,61,64,70-71H,7-19,21-22,24-28,30,32-60,62-63,65-69H2,1-6H3,(H-,74,76,78,79)/p+1/b23-20-,31-29-,64-61+. The average molecular weight is 1190 g/mol. The molecule has 0 bridgehead atoms. The van der Waals surface area contributed by atoms with Crippen LogP contribution in [0.15, 0.2) is 36.5 Å². The molecule has 0 spiro atoms. The van der Waals surface area contributed by atoms with E-state index in [0.717, 1.165) is 64.2 Å². The molecule has 2 N–H and O–H groups in total. The van der Waals surface area contributed by atoms with Gasteiger partial charge in [0.05, 0.1) is 33.8 Å². The van der Waals surface area contributed by atoms with Gasteiger partial charge in [0.1, 0.15) is 19.3 Å². The minimum atomic E-state index is -4.45. The van der Waals surface area contributed by atoms with Crippen LogP contribution in [0, 0.1) is 0 Å². The van der Waals surface area contributed by atoms with Gasteiger partial charge in [0, 0.05) is 12.8 Å². The lowest BCUT2D eigenvalue weighted by Gasteiger charge is -2.27. The smallest absolute Gasteiger partial charge is 0.456 e. The van der Waals surface area contributed by atoms with Crippen LogP contribution in [0.1, 0.15) is 367 Å². The van der Waals surface area contributed by atoms with Crippen LogP contribution in [0.25, 0.3) is 0 Å². The van der Waals surface area contributed by atoms with Crippen LogP contribution in [-0.2, 0) is 27.9 Å². The van der Waals surface area contributed by atoms with E-state index in [9.17, 15) is 19.0 Å². The van der Waals surface area contributed by atoms with E-state index in [1.807, 2.05) is 33.3 Å². The van der Waals surface area contributed by atoms with Crippen LogP contribution in [0.3, 0.4) is 0 Å². The predicted molar refractivity (Wildman–Crippen MR) is 360 cm³/mol. The number of rotatable bonds is 67. The molecule has 0 aromatic carbocycles. The van der Waals surface area contributed by atoms with Crippen molar-refractivity contribution in [2.24, 2.45) is 0 Å². The number of carbonyl (C=O) groups excluding carboxylic acids is 2. The molecule has 1 amide bonds. The van der Waals surface area contributed by atoms with Crippen molar-refractivity contribution in [1.29, 1.82) is 0 Å². The Balaban J connectivity index is 5.04. The summed E-state index contributed by atoms with van der Waals surface area (Å²) >= 11 is 0. The van der Waals surface area contributed by atoms with Crippen LogP contribution in [0.5, 0.6) is 0 Å². The number of phosphoric acid groups is 1. The van der Waals surface area contributed by atoms with E-state index in [2.05, 4.69) is 50.4 Å². The third kappa shape index (κ3) is 64.5. The van der Waals surface area contributed by atoms with Gasteiger partial charge in [-0.15, -0.1) is 0 Å². The number of esters is 1. The maximum Gasteiger partial charge on any atom is 0.472 e. The topological polar surface area (TPSA) is 111 Å². The van der Waals surface area contributed by atoms with Gasteiger partial charge in [-0.1, -0.05) is 327 Å². The Morgan fingerprint density at radius 1 is 0.422 bits per heavy atom. The summed E-state index contributed by atoms with van der Waals surface area (Å²) < 4.78 is 30.9. The summed E-state index contributed by atoms with van der Waals surface area (Å²) in [6.45, 7) is 7.05. The lowest BCUT2D eigenvalue weighted by Crippen LogP contribution is -2.47. The SMILES string of the molecule is CCCCC/C=C\C/C=C\CCCCCCCCCCCC(=O)OC(/C=C/CCCCCCCCCCCCC)C(COP(=O)(O)OCC[N+](C)(C)C)NC(=O)CCCCCCCCCCCCCCCCCCCCCCCCCCC. The molecule has 490 valence electrons. The largest absolute Gasteiger partial charge is 0.472 e. The summed E-state index contributed by atoms with van der Waals surface area (Å²) in [6.07, 6.45) is 78.7. The Labute approximate surface area is 516 Å². The summed E-state index contributed by atoms with van der Waals surface area (Å²) in [5.41, 5.74) is 0. The van der Waals surface area contributed by atoms with Crippen molar-refractivity contribution in [1.82, 2.24) is 5.32 Å². The zero-order chi connectivity index (χ0) is 60.7. The molecule has 0 radical (unpaired) electrons. The van der Waals surface area contributed by atoms with Crippen molar-refractivity contribution in [3.8, 4) is 0 Å². The number of allylic oxidation sites excluding steroid dienone is 5. The molecule has 0 aromatic heterocycles. The Kier molecular flexibility index (Phi) is 61.9. The van der Waals surface area contributed by atoms with E-state index in [1.54, 1.807) is 0 Å². The highest BCUT2D eigenvalue weighted by atomic mass is 31.2. The molecule has 0 rings (SSSR count). The van der Waals surface area contributed by atoms with E-state index < -0.39 is 20.0 Å². The predicted octanol–water partition coefficient (Wildman–Crippen LogP) is 23.0. The fourth-order valence-electron chi connectivity index (χ4n) is 11.0. The zero-order valence-corrected chi connectivity index (χ0v) is 57.1. The van der Waals surface area contributed by atoms with E-state index >= 15 is 0 Å². The van der Waals surface area contributed by atoms with Crippen molar-refractivity contribution in [2.75, 3.05) is 40.9 Å². The number of hydrogen-bond acceptors (Lipinski definition) is 6. The molecule has 3 atom stereocenters. The van der Waals surface area contributed by atoms with E-state index in [0.29, 0.717) is 23.9 Å². The van der Waals surface area contributed by atoms with Gasteiger partial charge in [-0.3, -0.25) is 18.6 Å². The van der Waals surface area contributed by atoms with Crippen LogP contribution in [-0.4, -0.2) is 74.3 Å². The van der Waals surface area contributed by atoms with Gasteiger partial charge in [-0.25, -0.2) is 4.57 Å². The Morgan fingerprint density at radius 3 is 1.11 bits per heavy atom. The third-order valence-corrected chi connectivity index (χ3v) is 17.6. The average Bonchev–Trinajstić information content (AvgIpc) is 3.46. The van der Waals surface area contributed by atoms with Gasteiger partial charge in [0.2, 0.25) is 5.91 Å². The number of ether oxygens (including phenoxy) is 1. The number of quaternary nitrogens is 1. The molecular formula is C73H142N2O7P+. The second-order valence-corrected chi connectivity index (χ2v) is 27.6. The number of likely N-dealkylation sites (N-methyl/N-ethyl adjacent to an activating group) is 1. The van der Waals surface area contributed by atoms with Crippen molar-refractivity contribution < 1.29 is 37.3 Å². The van der Waals surface area contributed by atoms with Crippen LogP contribution < -0.4 is 5.32 Å². The first-order valence-corrected chi connectivity index (χ1v) is 37.8. The quantitative estimate of drug-likeness (QED) is 0.0205. The van der Waals surface area contributed by atoms with E-state index in [-0.39, 0.29) is 25.1 Å². The Hall–Kier alpha value is -1.77. The highest BCUT2D eigenvalue weighted by molar-refractivity contribution is 7.47. The summed E-state index contributed by atoms with van der Waals surface area (Å²) in [5, 5.41) is 3.08. The molecule has 0 saturated carbocycles. The van der Waals surface area contributed by atoms with Gasteiger partial charge in [-0.05, 0) is 63.9 Å². The Bertz CT molecular complexity index is 1510. The molecule has 83 heavy (non-hydrogen) atoms. The highest BCUT2D eigenvalue weighted by Crippen LogP contribution is 2.43. The monoisotopic (exact) mass is 1190 g/mol. The lowest BCUT2D eigenvalue weighted by molar-refractivity contribution is -0.870. The first kappa shape index (κ1) is 81.2. The molecule has 9 nitrogen and oxygen atoms in total. The second-order valence-electron chi connectivity index (χ2n) is 26.1. The third-order valence-electron chi connectivity index (χ3n) is 16.6.